The van der Waals surface area contributed by atoms with Crippen LogP contribution in [0.1, 0.15) is 57.6 Å². The van der Waals surface area contributed by atoms with Crippen LogP contribution in [-0.4, -0.2) is 41.3 Å². The normalized spacial score (nSPS) is 16.0. The van der Waals surface area contributed by atoms with Gasteiger partial charge in [-0.3, -0.25) is 4.79 Å². The van der Waals surface area contributed by atoms with Gasteiger partial charge in [0.2, 0.25) is 5.91 Å². The number of ether oxygens (including phenoxy) is 1. The predicted molar refractivity (Wildman–Crippen MR) is 126 cm³/mol. The van der Waals surface area contributed by atoms with Gasteiger partial charge in [-0.05, 0) is 41.5 Å². The first-order valence-electron chi connectivity index (χ1n) is 11.4. The number of carbonyl (C=O) groups excluding carboxylic acids is 2. The maximum atomic E-state index is 12.9. The summed E-state index contributed by atoms with van der Waals surface area (Å²) < 4.78 is 5.56. The van der Waals surface area contributed by atoms with Crippen molar-refractivity contribution in [2.75, 3.05) is 6.61 Å². The molecule has 0 saturated carbocycles. The molecule has 7 nitrogen and oxygen atoms in total. The molecule has 3 atom stereocenters. The van der Waals surface area contributed by atoms with Gasteiger partial charge >= 0.3 is 12.1 Å². The van der Waals surface area contributed by atoms with Gasteiger partial charge < -0.3 is 20.5 Å². The summed E-state index contributed by atoms with van der Waals surface area (Å²) in [6.45, 7) is 7.08. The number of hydrogen-bond acceptors (Lipinski definition) is 4. The maximum absolute atomic E-state index is 12.9. The van der Waals surface area contributed by atoms with Crippen LogP contribution in [0.3, 0.4) is 0 Å². The molecule has 3 unspecified atom stereocenters. The van der Waals surface area contributed by atoms with Crippen LogP contribution in [0.2, 0.25) is 0 Å². The van der Waals surface area contributed by atoms with Crippen molar-refractivity contribution >= 4 is 18.0 Å². The third-order valence-electron chi connectivity index (χ3n) is 6.70. The number of rotatable bonds is 9. The number of fused-ring (bicyclic) bond motifs is 3. The van der Waals surface area contributed by atoms with Crippen LogP contribution in [0.4, 0.5) is 4.79 Å². The average molecular weight is 453 g/mol. The second kappa shape index (κ2) is 10.1. The van der Waals surface area contributed by atoms with E-state index in [9.17, 15) is 19.5 Å². The monoisotopic (exact) mass is 452 g/mol. The van der Waals surface area contributed by atoms with Crippen molar-refractivity contribution in [2.45, 2.75) is 58.0 Å². The van der Waals surface area contributed by atoms with Crippen molar-refractivity contribution in [2.24, 2.45) is 5.92 Å². The van der Waals surface area contributed by atoms with Crippen LogP contribution in [0, 0.1) is 5.92 Å². The van der Waals surface area contributed by atoms with Gasteiger partial charge in [-0.1, -0.05) is 75.7 Å². The summed E-state index contributed by atoms with van der Waals surface area (Å²) in [4.78, 5) is 37.2. The first-order valence-corrected chi connectivity index (χ1v) is 11.4. The van der Waals surface area contributed by atoms with Crippen LogP contribution in [0.25, 0.3) is 11.1 Å². The van der Waals surface area contributed by atoms with E-state index in [0.717, 1.165) is 22.3 Å². The molecule has 0 spiro atoms. The van der Waals surface area contributed by atoms with Crippen molar-refractivity contribution in [1.29, 1.82) is 0 Å². The van der Waals surface area contributed by atoms with Gasteiger partial charge in [0.15, 0.2) is 0 Å². The molecule has 2 aromatic carbocycles. The van der Waals surface area contributed by atoms with Gasteiger partial charge in [-0.15, -0.1) is 0 Å². The Labute approximate surface area is 194 Å². The van der Waals surface area contributed by atoms with Crippen molar-refractivity contribution in [3.05, 3.63) is 59.7 Å². The number of carboxylic acids is 1. The number of aliphatic carboxylic acids is 1. The van der Waals surface area contributed by atoms with E-state index in [1.54, 1.807) is 20.8 Å². The summed E-state index contributed by atoms with van der Waals surface area (Å²) in [6, 6.07) is 15.1. The number of carboxylic acid groups (broad SMARTS) is 1. The lowest BCUT2D eigenvalue weighted by Crippen LogP contribution is -2.60. The molecule has 0 saturated heterocycles. The molecule has 0 bridgehead atoms. The van der Waals surface area contributed by atoms with Crippen molar-refractivity contribution < 1.29 is 24.2 Å². The quantitative estimate of drug-likeness (QED) is 0.526. The predicted octanol–water partition coefficient (Wildman–Crippen LogP) is 4.31. The smallest absolute Gasteiger partial charge is 0.408 e. The van der Waals surface area contributed by atoms with E-state index >= 15 is 0 Å². The van der Waals surface area contributed by atoms with E-state index in [-0.39, 0.29) is 24.9 Å². The number of alkyl carbamates (subject to hydrolysis) is 1. The van der Waals surface area contributed by atoms with Gasteiger partial charge in [0.05, 0.1) is 0 Å². The molecule has 3 N–H and O–H groups in total. The molecular weight excluding hydrogens is 420 g/mol. The highest BCUT2D eigenvalue weighted by molar-refractivity contribution is 5.92. The second-order valence-electron chi connectivity index (χ2n) is 8.81. The lowest BCUT2D eigenvalue weighted by Gasteiger charge is -2.31. The van der Waals surface area contributed by atoms with Crippen molar-refractivity contribution in [3.63, 3.8) is 0 Å². The Morgan fingerprint density at radius 3 is 2.06 bits per heavy atom. The topological polar surface area (TPSA) is 105 Å². The molecule has 176 valence electrons. The number of nitrogens with one attached hydrogen (secondary N) is 2. The standard InChI is InChI=1S/C26H32N2O5/c1-5-16(3)22(23(29)30)27-24(31)26(4,6-2)28-25(32)33-15-21-19-13-9-7-11-17(19)18-12-8-10-14-20(18)21/h7-14,16,21-22H,5-6,15H2,1-4H3,(H,27,31)(H,28,32)(H,29,30). The summed E-state index contributed by atoms with van der Waals surface area (Å²) in [5.74, 6) is -1.99. The molecule has 1 aliphatic rings. The Bertz CT molecular complexity index is 991. The van der Waals surface area contributed by atoms with Gasteiger partial charge in [0.25, 0.3) is 0 Å². The molecule has 7 heteroatoms. The third kappa shape index (κ3) is 5.02. The van der Waals surface area contributed by atoms with Crippen LogP contribution in [-0.2, 0) is 14.3 Å². The van der Waals surface area contributed by atoms with Crippen LogP contribution >= 0.6 is 0 Å². The molecule has 0 heterocycles. The number of hydrogen-bond donors (Lipinski definition) is 3. The summed E-state index contributed by atoms with van der Waals surface area (Å²) in [6.07, 6.45) is 0.155. The van der Waals surface area contributed by atoms with Crippen LogP contribution < -0.4 is 10.6 Å². The molecule has 0 aromatic heterocycles. The largest absolute Gasteiger partial charge is 0.480 e. The third-order valence-corrected chi connectivity index (χ3v) is 6.70. The van der Waals surface area contributed by atoms with E-state index < -0.39 is 29.6 Å². The molecule has 33 heavy (non-hydrogen) atoms. The van der Waals surface area contributed by atoms with E-state index in [0.29, 0.717) is 6.42 Å². The molecule has 2 aromatic rings. The van der Waals surface area contributed by atoms with Crippen LogP contribution in [0.15, 0.2) is 48.5 Å². The first-order chi connectivity index (χ1) is 15.7. The Morgan fingerprint density at radius 1 is 1.03 bits per heavy atom. The summed E-state index contributed by atoms with van der Waals surface area (Å²) in [5.41, 5.74) is 3.15. The fourth-order valence-electron chi connectivity index (χ4n) is 4.15. The zero-order valence-electron chi connectivity index (χ0n) is 19.6. The lowest BCUT2D eigenvalue weighted by molar-refractivity contribution is -0.144. The minimum atomic E-state index is -1.30. The molecule has 0 aliphatic heterocycles. The van der Waals surface area contributed by atoms with Gasteiger partial charge in [-0.2, -0.15) is 0 Å². The fourth-order valence-corrected chi connectivity index (χ4v) is 4.15. The van der Waals surface area contributed by atoms with Gasteiger partial charge in [-0.25, -0.2) is 9.59 Å². The number of amides is 2. The Kier molecular flexibility index (Phi) is 7.41. The number of benzene rings is 2. The SMILES string of the molecule is CCC(C)C(NC(=O)C(C)(CC)NC(=O)OCC1c2ccccc2-c2ccccc21)C(=O)O. The zero-order valence-corrected chi connectivity index (χ0v) is 19.6. The Morgan fingerprint density at radius 2 is 1.58 bits per heavy atom. The molecular formula is C26H32N2O5. The fraction of sp³-hybridized carbons (Fsp3) is 0.423. The highest BCUT2D eigenvalue weighted by atomic mass is 16.5. The van der Waals surface area contributed by atoms with E-state index in [1.165, 1.54) is 0 Å². The minimum absolute atomic E-state index is 0.0911. The van der Waals surface area contributed by atoms with Crippen molar-refractivity contribution in [3.8, 4) is 11.1 Å². The average Bonchev–Trinajstić information content (AvgIpc) is 3.14. The summed E-state index contributed by atoms with van der Waals surface area (Å²) in [7, 11) is 0. The Hall–Kier alpha value is -3.35. The number of carbonyl (C=O) groups is 3. The Balaban J connectivity index is 1.68. The zero-order chi connectivity index (χ0) is 24.2. The van der Waals surface area contributed by atoms with Gasteiger partial charge in [0, 0.05) is 5.92 Å². The minimum Gasteiger partial charge on any atom is -0.480 e. The van der Waals surface area contributed by atoms with E-state index in [1.807, 2.05) is 43.3 Å². The van der Waals surface area contributed by atoms with Gasteiger partial charge in [0.1, 0.15) is 18.2 Å². The summed E-state index contributed by atoms with van der Waals surface area (Å²) in [5, 5.41) is 14.7. The maximum Gasteiger partial charge on any atom is 0.408 e. The second-order valence-corrected chi connectivity index (χ2v) is 8.81. The van der Waals surface area contributed by atoms with E-state index in [2.05, 4.69) is 22.8 Å². The molecule has 1 aliphatic carbocycles. The molecule has 2 amide bonds. The summed E-state index contributed by atoms with van der Waals surface area (Å²) >= 11 is 0. The van der Waals surface area contributed by atoms with E-state index in [4.69, 9.17) is 4.74 Å². The first kappa shape index (κ1) is 24.3. The molecule has 0 fully saturated rings. The van der Waals surface area contributed by atoms with Crippen molar-refractivity contribution in [1.82, 2.24) is 10.6 Å². The van der Waals surface area contributed by atoms with Crippen LogP contribution in [0.5, 0.6) is 0 Å². The lowest BCUT2D eigenvalue weighted by atomic mass is 9.94. The highest BCUT2D eigenvalue weighted by Gasteiger charge is 2.38. The molecule has 0 radical (unpaired) electrons. The highest BCUT2D eigenvalue weighted by Crippen LogP contribution is 2.44. The molecule has 3 rings (SSSR count).